The number of nitrogens with one attached hydrogen (secondary N) is 1. The van der Waals surface area contributed by atoms with Crippen LogP contribution in [0.5, 0.6) is 5.75 Å². The SMILES string of the molecule is COc1cc(Br)ccc1C(C#N)C1CNCCO1. The first-order valence-corrected chi connectivity index (χ1v) is 6.61. The van der Waals surface area contributed by atoms with Crippen LogP contribution in [0.25, 0.3) is 0 Å². The number of benzene rings is 1. The maximum atomic E-state index is 9.40. The highest BCUT2D eigenvalue weighted by Gasteiger charge is 2.28. The molecule has 1 aromatic rings. The first-order valence-electron chi connectivity index (χ1n) is 5.81. The average molecular weight is 311 g/mol. The minimum Gasteiger partial charge on any atom is -0.496 e. The molecule has 0 aliphatic carbocycles. The molecule has 5 heteroatoms. The van der Waals surface area contributed by atoms with Gasteiger partial charge in [-0.3, -0.25) is 0 Å². The van der Waals surface area contributed by atoms with Gasteiger partial charge in [-0.15, -0.1) is 0 Å². The van der Waals surface area contributed by atoms with Crippen LogP contribution in [0.3, 0.4) is 0 Å². The van der Waals surface area contributed by atoms with E-state index in [1.807, 2.05) is 18.2 Å². The zero-order chi connectivity index (χ0) is 13.0. The molecule has 2 unspecified atom stereocenters. The number of morpholine rings is 1. The number of nitriles is 1. The predicted molar refractivity (Wildman–Crippen MR) is 71.7 cm³/mol. The molecular weight excluding hydrogens is 296 g/mol. The minimum atomic E-state index is -0.319. The zero-order valence-corrected chi connectivity index (χ0v) is 11.7. The molecule has 1 fully saturated rings. The van der Waals surface area contributed by atoms with Crippen molar-refractivity contribution in [1.29, 1.82) is 5.26 Å². The van der Waals surface area contributed by atoms with E-state index in [4.69, 9.17) is 9.47 Å². The molecule has 1 saturated heterocycles. The van der Waals surface area contributed by atoms with E-state index in [0.717, 1.165) is 16.6 Å². The van der Waals surface area contributed by atoms with Crippen LogP contribution in [0.15, 0.2) is 22.7 Å². The zero-order valence-electron chi connectivity index (χ0n) is 10.1. The molecule has 0 amide bonds. The number of hydrogen-bond donors (Lipinski definition) is 1. The number of rotatable bonds is 3. The molecule has 1 aliphatic heterocycles. The van der Waals surface area contributed by atoms with Crippen LogP contribution in [0.1, 0.15) is 11.5 Å². The van der Waals surface area contributed by atoms with Gasteiger partial charge in [0.05, 0.1) is 25.9 Å². The van der Waals surface area contributed by atoms with Crippen molar-refractivity contribution in [3.05, 3.63) is 28.2 Å². The Balaban J connectivity index is 2.29. The Morgan fingerprint density at radius 1 is 1.61 bits per heavy atom. The van der Waals surface area contributed by atoms with Crippen molar-refractivity contribution in [1.82, 2.24) is 5.32 Å². The molecule has 96 valence electrons. The number of hydrogen-bond acceptors (Lipinski definition) is 4. The van der Waals surface area contributed by atoms with E-state index in [1.165, 1.54) is 0 Å². The summed E-state index contributed by atoms with van der Waals surface area (Å²) in [5.74, 6) is 0.394. The molecule has 0 spiro atoms. The fourth-order valence-corrected chi connectivity index (χ4v) is 2.43. The first kappa shape index (κ1) is 13.3. The van der Waals surface area contributed by atoms with E-state index in [-0.39, 0.29) is 12.0 Å². The van der Waals surface area contributed by atoms with Crippen LogP contribution in [-0.2, 0) is 4.74 Å². The molecule has 18 heavy (non-hydrogen) atoms. The van der Waals surface area contributed by atoms with E-state index < -0.39 is 0 Å². The summed E-state index contributed by atoms with van der Waals surface area (Å²) >= 11 is 3.40. The third-order valence-corrected chi connectivity index (χ3v) is 3.49. The fourth-order valence-electron chi connectivity index (χ4n) is 2.09. The van der Waals surface area contributed by atoms with Crippen molar-refractivity contribution >= 4 is 15.9 Å². The molecule has 1 aromatic carbocycles. The van der Waals surface area contributed by atoms with Crippen LogP contribution in [0.4, 0.5) is 0 Å². The Labute approximate surface area is 115 Å². The van der Waals surface area contributed by atoms with Gasteiger partial charge < -0.3 is 14.8 Å². The molecule has 0 radical (unpaired) electrons. The van der Waals surface area contributed by atoms with Gasteiger partial charge in [-0.25, -0.2) is 0 Å². The molecule has 2 rings (SSSR count). The summed E-state index contributed by atoms with van der Waals surface area (Å²) in [5.41, 5.74) is 0.872. The largest absolute Gasteiger partial charge is 0.496 e. The summed E-state index contributed by atoms with van der Waals surface area (Å²) in [6, 6.07) is 8.02. The molecule has 0 bridgehead atoms. The fraction of sp³-hybridized carbons (Fsp3) is 0.462. The standard InChI is InChI=1S/C13H15BrN2O2/c1-17-12-6-9(14)2-3-10(12)11(7-15)13-8-16-4-5-18-13/h2-3,6,11,13,16H,4-5,8H2,1H3. The van der Waals surface area contributed by atoms with Crippen LogP contribution in [-0.4, -0.2) is 32.9 Å². The highest BCUT2D eigenvalue weighted by atomic mass is 79.9. The summed E-state index contributed by atoms with van der Waals surface area (Å²) in [6.45, 7) is 2.17. The Kier molecular flexibility index (Phi) is 4.59. The molecular formula is C13H15BrN2O2. The van der Waals surface area contributed by atoms with Gasteiger partial charge in [-0.2, -0.15) is 5.26 Å². The number of halogens is 1. The predicted octanol–water partition coefficient (Wildman–Crippen LogP) is 2.05. The lowest BCUT2D eigenvalue weighted by Gasteiger charge is -2.28. The van der Waals surface area contributed by atoms with Crippen molar-refractivity contribution in [2.45, 2.75) is 12.0 Å². The summed E-state index contributed by atoms with van der Waals surface area (Å²) in [6.07, 6.45) is -0.126. The normalized spacial score (nSPS) is 21.1. The van der Waals surface area contributed by atoms with Gasteiger partial charge in [0.15, 0.2) is 0 Å². The quantitative estimate of drug-likeness (QED) is 0.928. The van der Waals surface area contributed by atoms with E-state index in [0.29, 0.717) is 18.9 Å². The summed E-state index contributed by atoms with van der Waals surface area (Å²) in [7, 11) is 1.61. The third-order valence-electron chi connectivity index (χ3n) is 3.00. The number of ether oxygens (including phenoxy) is 2. The van der Waals surface area contributed by atoms with Crippen molar-refractivity contribution in [3.63, 3.8) is 0 Å². The van der Waals surface area contributed by atoms with E-state index in [1.54, 1.807) is 7.11 Å². The molecule has 1 N–H and O–H groups in total. The summed E-state index contributed by atoms with van der Waals surface area (Å²) < 4.78 is 11.9. The summed E-state index contributed by atoms with van der Waals surface area (Å²) in [4.78, 5) is 0. The molecule has 2 atom stereocenters. The van der Waals surface area contributed by atoms with Gasteiger partial charge in [0.25, 0.3) is 0 Å². The lowest BCUT2D eigenvalue weighted by atomic mass is 9.93. The second-order valence-electron chi connectivity index (χ2n) is 4.11. The molecule has 0 aromatic heterocycles. The maximum Gasteiger partial charge on any atom is 0.124 e. The Bertz CT molecular complexity index is 453. The van der Waals surface area contributed by atoms with Crippen molar-refractivity contribution in [2.24, 2.45) is 0 Å². The van der Waals surface area contributed by atoms with Gasteiger partial charge in [0.2, 0.25) is 0 Å². The monoisotopic (exact) mass is 310 g/mol. The van der Waals surface area contributed by atoms with Gasteiger partial charge in [0, 0.05) is 23.1 Å². The van der Waals surface area contributed by atoms with Crippen molar-refractivity contribution < 1.29 is 9.47 Å². The number of nitrogens with zero attached hydrogens (tertiary/aromatic N) is 1. The van der Waals surface area contributed by atoms with Crippen LogP contribution < -0.4 is 10.1 Å². The lowest BCUT2D eigenvalue weighted by Crippen LogP contribution is -2.41. The van der Waals surface area contributed by atoms with Crippen LogP contribution in [0, 0.1) is 11.3 Å². The van der Waals surface area contributed by atoms with Gasteiger partial charge in [0.1, 0.15) is 11.7 Å². The van der Waals surface area contributed by atoms with E-state index in [9.17, 15) is 5.26 Å². The lowest BCUT2D eigenvalue weighted by molar-refractivity contribution is 0.0210. The summed E-state index contributed by atoms with van der Waals surface area (Å²) in [5, 5.41) is 12.6. The highest BCUT2D eigenvalue weighted by molar-refractivity contribution is 9.10. The Morgan fingerprint density at radius 3 is 3.06 bits per heavy atom. The molecule has 1 aliphatic rings. The van der Waals surface area contributed by atoms with Crippen molar-refractivity contribution in [2.75, 3.05) is 26.8 Å². The second kappa shape index (κ2) is 6.19. The molecule has 4 nitrogen and oxygen atoms in total. The smallest absolute Gasteiger partial charge is 0.124 e. The van der Waals surface area contributed by atoms with E-state index >= 15 is 0 Å². The van der Waals surface area contributed by atoms with Crippen molar-refractivity contribution in [3.8, 4) is 11.8 Å². The van der Waals surface area contributed by atoms with Gasteiger partial charge in [-0.05, 0) is 12.1 Å². The van der Waals surface area contributed by atoms with Gasteiger partial charge >= 0.3 is 0 Å². The Morgan fingerprint density at radius 2 is 2.44 bits per heavy atom. The minimum absolute atomic E-state index is 0.126. The van der Waals surface area contributed by atoms with Gasteiger partial charge in [-0.1, -0.05) is 22.0 Å². The topological polar surface area (TPSA) is 54.3 Å². The highest BCUT2D eigenvalue weighted by Crippen LogP contribution is 2.32. The second-order valence-corrected chi connectivity index (χ2v) is 5.02. The van der Waals surface area contributed by atoms with Crippen LogP contribution >= 0.6 is 15.9 Å². The van der Waals surface area contributed by atoms with E-state index in [2.05, 4.69) is 27.3 Å². The number of methoxy groups -OCH3 is 1. The third kappa shape index (κ3) is 2.83. The Hall–Kier alpha value is -1.09. The molecule has 1 heterocycles. The van der Waals surface area contributed by atoms with Crippen LogP contribution in [0.2, 0.25) is 0 Å². The maximum absolute atomic E-state index is 9.40. The first-order chi connectivity index (χ1) is 8.76. The average Bonchev–Trinajstić information content (AvgIpc) is 2.42. The molecule has 0 saturated carbocycles.